The van der Waals surface area contributed by atoms with Crippen LogP contribution in [0.5, 0.6) is 0 Å². The van der Waals surface area contributed by atoms with Crippen molar-refractivity contribution in [2.45, 2.75) is 25.8 Å². The average molecular weight is 446 g/mol. The van der Waals surface area contributed by atoms with Gasteiger partial charge in [0.25, 0.3) is 0 Å². The van der Waals surface area contributed by atoms with E-state index in [0.717, 1.165) is 44.8 Å². The maximum atomic E-state index is 4.50. The number of H-pyrrole nitrogens is 1. The number of nitrogens with two attached hydrogens (primary N) is 1. The topological polar surface area (TPSA) is 79.0 Å². The van der Waals surface area contributed by atoms with Gasteiger partial charge in [0.1, 0.15) is 12.7 Å². The molecule has 174 valence electrons. The Labute approximate surface area is 196 Å². The summed E-state index contributed by atoms with van der Waals surface area (Å²) in [7, 11) is 1.50. The van der Waals surface area contributed by atoms with E-state index in [0.29, 0.717) is 6.04 Å². The minimum Gasteiger partial charge on any atom is -0.361 e. The van der Waals surface area contributed by atoms with E-state index in [9.17, 15) is 0 Å². The zero-order chi connectivity index (χ0) is 23.0. The van der Waals surface area contributed by atoms with Gasteiger partial charge in [-0.05, 0) is 62.7 Å². The second-order valence-corrected chi connectivity index (χ2v) is 8.48. The number of benzene rings is 2. The van der Waals surface area contributed by atoms with Crippen molar-refractivity contribution in [3.05, 3.63) is 78.5 Å². The number of nitrogens with zero attached hydrogens (tertiary/aromatic N) is 5. The van der Waals surface area contributed by atoms with Crippen molar-refractivity contribution in [2.75, 3.05) is 39.8 Å². The number of nitrogens with one attached hydrogen (secondary N) is 1. The Hall–Kier alpha value is -3.00. The van der Waals surface area contributed by atoms with Crippen molar-refractivity contribution in [3.63, 3.8) is 0 Å². The SMILES string of the molecule is CC(c1ccccc1)N1CCN(CCCc2c[nH]c3ccc(-n4cnnc4)cc23)CC1.CN. The van der Waals surface area contributed by atoms with Crippen LogP contribution in [0, 0.1) is 0 Å². The molecule has 33 heavy (non-hydrogen) atoms. The highest BCUT2D eigenvalue weighted by atomic mass is 15.3. The van der Waals surface area contributed by atoms with E-state index in [1.165, 1.54) is 35.5 Å². The van der Waals surface area contributed by atoms with Crippen molar-refractivity contribution in [1.82, 2.24) is 29.5 Å². The van der Waals surface area contributed by atoms with Gasteiger partial charge in [-0.1, -0.05) is 30.3 Å². The number of aromatic amines is 1. The molecule has 0 spiro atoms. The van der Waals surface area contributed by atoms with E-state index in [-0.39, 0.29) is 0 Å². The van der Waals surface area contributed by atoms with E-state index in [2.05, 4.69) is 92.4 Å². The Morgan fingerprint density at radius 1 is 0.970 bits per heavy atom. The lowest BCUT2D eigenvalue weighted by Crippen LogP contribution is -2.47. The molecule has 1 atom stereocenters. The van der Waals surface area contributed by atoms with Gasteiger partial charge < -0.3 is 15.6 Å². The summed E-state index contributed by atoms with van der Waals surface area (Å²) in [6.07, 6.45) is 7.92. The fourth-order valence-electron chi connectivity index (χ4n) is 4.68. The molecule has 3 heterocycles. The lowest BCUT2D eigenvalue weighted by Gasteiger charge is -2.38. The molecule has 4 aromatic rings. The molecule has 1 aliphatic rings. The number of hydrogen-bond donors (Lipinski definition) is 2. The average Bonchev–Trinajstić information content (AvgIpc) is 3.56. The largest absolute Gasteiger partial charge is 0.361 e. The first-order valence-electron chi connectivity index (χ1n) is 11.8. The molecule has 3 N–H and O–H groups in total. The van der Waals surface area contributed by atoms with Crippen molar-refractivity contribution >= 4 is 10.9 Å². The van der Waals surface area contributed by atoms with Crippen molar-refractivity contribution in [1.29, 1.82) is 0 Å². The Kier molecular flexibility index (Phi) is 7.88. The van der Waals surface area contributed by atoms with E-state index >= 15 is 0 Å². The molecule has 1 saturated heterocycles. The fraction of sp³-hybridized carbons (Fsp3) is 0.385. The third kappa shape index (κ3) is 5.50. The molecular formula is C26H35N7. The van der Waals surface area contributed by atoms with Crippen LogP contribution >= 0.6 is 0 Å². The highest BCUT2D eigenvalue weighted by Crippen LogP contribution is 2.24. The van der Waals surface area contributed by atoms with Crippen LogP contribution in [0.3, 0.4) is 0 Å². The molecule has 0 amide bonds. The van der Waals surface area contributed by atoms with E-state index in [4.69, 9.17) is 0 Å². The van der Waals surface area contributed by atoms with Gasteiger partial charge in [-0.15, -0.1) is 10.2 Å². The number of aryl methyl sites for hydroxylation is 1. The maximum absolute atomic E-state index is 4.50. The van der Waals surface area contributed by atoms with Gasteiger partial charge in [-0.3, -0.25) is 9.47 Å². The van der Waals surface area contributed by atoms with Crippen LogP contribution in [0.4, 0.5) is 0 Å². The summed E-state index contributed by atoms with van der Waals surface area (Å²) in [5, 5.41) is 9.14. The van der Waals surface area contributed by atoms with Gasteiger partial charge >= 0.3 is 0 Å². The van der Waals surface area contributed by atoms with Crippen molar-refractivity contribution in [3.8, 4) is 5.69 Å². The van der Waals surface area contributed by atoms with Crippen LogP contribution in [-0.4, -0.2) is 69.3 Å². The summed E-state index contributed by atoms with van der Waals surface area (Å²) in [6.45, 7) is 8.09. The summed E-state index contributed by atoms with van der Waals surface area (Å²) >= 11 is 0. The number of piperazine rings is 1. The molecule has 7 heteroatoms. The van der Waals surface area contributed by atoms with E-state index in [1.807, 2.05) is 4.57 Å². The third-order valence-corrected chi connectivity index (χ3v) is 6.62. The first-order chi connectivity index (χ1) is 16.3. The summed E-state index contributed by atoms with van der Waals surface area (Å²) in [5.41, 5.74) is 9.60. The Bertz CT molecular complexity index is 1100. The molecule has 7 nitrogen and oxygen atoms in total. The predicted octanol–water partition coefficient (Wildman–Crippen LogP) is 3.63. The standard InChI is InChI=1S/C25H30N6.CH5N/c1-20(21-6-3-2-4-7-21)30-14-12-29(13-15-30)11-5-8-22-17-26-25-10-9-23(16-24(22)25)31-18-27-28-19-31;1-2/h2-4,6-7,9-10,16-20,26H,5,8,11-15H2,1H3;2H2,1H3. The molecule has 0 bridgehead atoms. The van der Waals surface area contributed by atoms with Gasteiger partial charge in [0, 0.05) is 55.0 Å². The highest BCUT2D eigenvalue weighted by molar-refractivity contribution is 5.85. The van der Waals surface area contributed by atoms with Crippen LogP contribution in [0.2, 0.25) is 0 Å². The molecular weight excluding hydrogens is 410 g/mol. The van der Waals surface area contributed by atoms with Gasteiger partial charge in [0.2, 0.25) is 0 Å². The monoisotopic (exact) mass is 445 g/mol. The second-order valence-electron chi connectivity index (χ2n) is 8.48. The molecule has 1 unspecified atom stereocenters. The lowest BCUT2D eigenvalue weighted by molar-refractivity contribution is 0.102. The molecule has 1 fully saturated rings. The van der Waals surface area contributed by atoms with Gasteiger partial charge in [-0.2, -0.15) is 0 Å². The van der Waals surface area contributed by atoms with Crippen LogP contribution in [0.25, 0.3) is 16.6 Å². The molecule has 2 aromatic heterocycles. The summed E-state index contributed by atoms with van der Waals surface area (Å²) < 4.78 is 1.95. The molecule has 1 aliphatic heterocycles. The van der Waals surface area contributed by atoms with Crippen LogP contribution in [-0.2, 0) is 6.42 Å². The fourth-order valence-corrected chi connectivity index (χ4v) is 4.68. The molecule has 0 saturated carbocycles. The first kappa shape index (κ1) is 23.2. The third-order valence-electron chi connectivity index (χ3n) is 6.62. The normalized spacial score (nSPS) is 15.8. The Morgan fingerprint density at radius 3 is 2.42 bits per heavy atom. The zero-order valence-electron chi connectivity index (χ0n) is 19.7. The Balaban J connectivity index is 0.00000126. The van der Waals surface area contributed by atoms with Gasteiger partial charge in [-0.25, -0.2) is 0 Å². The first-order valence-corrected chi connectivity index (χ1v) is 11.8. The maximum Gasteiger partial charge on any atom is 0.123 e. The quantitative estimate of drug-likeness (QED) is 0.454. The van der Waals surface area contributed by atoms with Gasteiger partial charge in [0.15, 0.2) is 0 Å². The summed E-state index contributed by atoms with van der Waals surface area (Å²) in [5.74, 6) is 0. The molecule has 0 aliphatic carbocycles. The minimum atomic E-state index is 0.495. The van der Waals surface area contributed by atoms with Crippen LogP contribution in [0.1, 0.15) is 30.5 Å². The smallest absolute Gasteiger partial charge is 0.123 e. The van der Waals surface area contributed by atoms with E-state index in [1.54, 1.807) is 12.7 Å². The lowest BCUT2D eigenvalue weighted by atomic mass is 10.1. The van der Waals surface area contributed by atoms with Crippen molar-refractivity contribution in [2.24, 2.45) is 5.73 Å². The summed E-state index contributed by atoms with van der Waals surface area (Å²) in [4.78, 5) is 8.65. The summed E-state index contributed by atoms with van der Waals surface area (Å²) in [6, 6.07) is 17.8. The van der Waals surface area contributed by atoms with Crippen LogP contribution < -0.4 is 5.73 Å². The molecule has 0 radical (unpaired) electrons. The molecule has 5 rings (SSSR count). The Morgan fingerprint density at radius 2 is 1.70 bits per heavy atom. The number of hydrogen-bond acceptors (Lipinski definition) is 5. The number of rotatable bonds is 7. The number of fused-ring (bicyclic) bond motifs is 1. The second kappa shape index (κ2) is 11.2. The molecule has 2 aromatic carbocycles. The predicted molar refractivity (Wildman–Crippen MR) is 135 cm³/mol. The van der Waals surface area contributed by atoms with E-state index < -0.39 is 0 Å². The minimum absolute atomic E-state index is 0.495. The van der Waals surface area contributed by atoms with Crippen molar-refractivity contribution < 1.29 is 0 Å². The zero-order valence-corrected chi connectivity index (χ0v) is 19.7. The number of aromatic nitrogens is 4. The highest BCUT2D eigenvalue weighted by Gasteiger charge is 2.21. The van der Waals surface area contributed by atoms with Crippen LogP contribution in [0.15, 0.2) is 67.4 Å². The van der Waals surface area contributed by atoms with Gasteiger partial charge in [0.05, 0.1) is 0 Å².